The lowest BCUT2D eigenvalue weighted by atomic mass is 10.00. The minimum Gasteiger partial charge on any atom is -0.309 e. The zero-order valence-corrected chi connectivity index (χ0v) is 73.6. The van der Waals surface area contributed by atoms with Gasteiger partial charge >= 0.3 is 0 Å². The van der Waals surface area contributed by atoms with Gasteiger partial charge in [0.05, 0.1) is 84.8 Å². The molecule has 636 valence electrons. The summed E-state index contributed by atoms with van der Waals surface area (Å²) in [5.74, 6) is 1.82. The standard InChI is InChI=1S/C44H28N6.C41H27N3.C39H25N3/c1-4-14-29(15-5-1)42-46-43(30-16-6-2-7-17-30)48-44(47-42)50-37-22-12-10-20-33(37)34-25-24-31(26-39(34)50)36-27-45-28-40-41(36)35-21-11-13-23-38(35)49(40)32-18-8-3-9-19-32;1-3-11-28(12-4-1)29-19-22-32(23-20-29)43-37-17-9-7-15-33(37)34-24-21-30(25-39(34)43)36-26-42-27-40-41(36)35-16-8-10-18-38(35)44(40)31-13-5-2-6-14-31;1-2-12-29(13-3-1)41-36-17-9-7-15-33(36)39-34(24-40-25-38(39)41)28-19-21-32-31-14-6-8-16-35(31)42(37(32)23-28)30-20-18-26-10-4-5-11-27(26)22-30/h1-28H;1-27H;1-25H. The van der Waals surface area contributed by atoms with Crippen molar-refractivity contribution in [3.63, 3.8) is 0 Å². The van der Waals surface area contributed by atoms with Crippen LogP contribution in [0, 0.1) is 0 Å². The molecule has 0 fully saturated rings. The van der Waals surface area contributed by atoms with Gasteiger partial charge in [-0.05, 0) is 154 Å². The van der Waals surface area contributed by atoms with Crippen molar-refractivity contribution in [1.82, 2.24) is 57.3 Å². The van der Waals surface area contributed by atoms with Crippen LogP contribution in [0.15, 0.2) is 486 Å². The van der Waals surface area contributed by atoms with Crippen molar-refractivity contribution in [3.8, 4) is 102 Å². The third kappa shape index (κ3) is 13.2. The summed E-state index contributed by atoms with van der Waals surface area (Å²) in [5.41, 5.74) is 30.3. The molecule has 0 N–H and O–H groups in total. The van der Waals surface area contributed by atoms with E-state index in [9.17, 15) is 0 Å². The molecule has 0 amide bonds. The second-order valence-electron chi connectivity index (χ2n) is 34.5. The highest BCUT2D eigenvalue weighted by Gasteiger charge is 2.26. The van der Waals surface area contributed by atoms with Crippen LogP contribution in [0.2, 0.25) is 0 Å². The quantitative estimate of drug-likeness (QED) is 0.121. The van der Waals surface area contributed by atoms with E-state index in [1.807, 2.05) is 104 Å². The summed E-state index contributed by atoms with van der Waals surface area (Å²) < 4.78 is 13.9. The second kappa shape index (κ2) is 32.8. The number of hydrogen-bond donors (Lipinski definition) is 0. The molecule has 10 aromatic heterocycles. The lowest BCUT2D eigenvalue weighted by molar-refractivity contribution is 0.953. The molecule has 0 aliphatic rings. The van der Waals surface area contributed by atoms with Gasteiger partial charge in [0.15, 0.2) is 11.6 Å². The number of para-hydroxylation sites is 9. The van der Waals surface area contributed by atoms with Crippen LogP contribution in [0.4, 0.5) is 0 Å². The van der Waals surface area contributed by atoms with Gasteiger partial charge in [0.2, 0.25) is 5.95 Å². The molecule has 0 saturated carbocycles. The largest absolute Gasteiger partial charge is 0.309 e. The van der Waals surface area contributed by atoms with Gasteiger partial charge in [-0.15, -0.1) is 0 Å². The van der Waals surface area contributed by atoms with Crippen LogP contribution < -0.4 is 0 Å². The Morgan fingerprint density at radius 3 is 0.801 bits per heavy atom. The van der Waals surface area contributed by atoms with E-state index >= 15 is 0 Å². The van der Waals surface area contributed by atoms with Gasteiger partial charge in [-0.3, -0.25) is 19.5 Å². The number of hydrogen-bond acceptors (Lipinski definition) is 6. The Kier molecular flexibility index (Phi) is 19.0. The fourth-order valence-electron chi connectivity index (χ4n) is 20.8. The van der Waals surface area contributed by atoms with Crippen molar-refractivity contribution in [3.05, 3.63) is 486 Å². The predicted molar refractivity (Wildman–Crippen MR) is 562 cm³/mol. The maximum absolute atomic E-state index is 5.13. The first-order valence-electron chi connectivity index (χ1n) is 45.9. The van der Waals surface area contributed by atoms with Crippen molar-refractivity contribution in [2.24, 2.45) is 0 Å². The normalized spacial score (nSPS) is 11.7. The maximum atomic E-state index is 5.13. The Morgan fingerprint density at radius 2 is 0.412 bits per heavy atom. The second-order valence-corrected chi connectivity index (χ2v) is 34.5. The lowest BCUT2D eigenvalue weighted by Gasteiger charge is -2.11. The van der Waals surface area contributed by atoms with Gasteiger partial charge in [-0.2, -0.15) is 9.97 Å². The Morgan fingerprint density at radius 1 is 0.147 bits per heavy atom. The third-order valence-corrected chi connectivity index (χ3v) is 26.9. The Bertz CT molecular complexity index is 9470. The number of pyridine rings is 3. The van der Waals surface area contributed by atoms with Gasteiger partial charge in [-0.1, -0.05) is 334 Å². The molecular weight excluding hydrogens is 1660 g/mol. The van der Waals surface area contributed by atoms with Crippen molar-refractivity contribution < 1.29 is 0 Å². The molecule has 0 aliphatic carbocycles. The van der Waals surface area contributed by atoms with E-state index < -0.39 is 0 Å². The number of rotatable bonds is 12. The minimum absolute atomic E-state index is 0.568. The van der Waals surface area contributed by atoms with E-state index in [0.29, 0.717) is 17.6 Å². The summed E-state index contributed by atoms with van der Waals surface area (Å²) >= 11 is 0. The van der Waals surface area contributed by atoms with Gasteiger partial charge < -0.3 is 22.8 Å². The third-order valence-electron chi connectivity index (χ3n) is 26.9. The molecule has 28 aromatic rings. The van der Waals surface area contributed by atoms with Crippen molar-refractivity contribution in [2.45, 2.75) is 0 Å². The molecule has 0 radical (unpaired) electrons. The summed E-state index contributed by atoms with van der Waals surface area (Å²) in [5, 5.41) is 17.0. The monoisotopic (exact) mass is 1740 g/mol. The van der Waals surface area contributed by atoms with Crippen LogP contribution in [0.1, 0.15) is 0 Å². The summed E-state index contributed by atoms with van der Waals surface area (Å²) in [7, 11) is 0. The maximum Gasteiger partial charge on any atom is 0.238 e. The number of nitrogens with zero attached hydrogens (tertiary/aromatic N) is 12. The van der Waals surface area contributed by atoms with E-state index in [1.54, 1.807) is 0 Å². The molecule has 18 aromatic carbocycles. The highest BCUT2D eigenvalue weighted by Crippen LogP contribution is 2.47. The highest BCUT2D eigenvalue weighted by molar-refractivity contribution is 6.21. The number of fused-ring (bicyclic) bond motifs is 19. The molecule has 0 aliphatic heterocycles. The molecule has 0 bridgehead atoms. The molecule has 0 saturated heterocycles. The Balaban J connectivity index is 0.000000106. The van der Waals surface area contributed by atoms with Crippen molar-refractivity contribution in [2.75, 3.05) is 0 Å². The van der Waals surface area contributed by atoms with Crippen LogP contribution in [0.5, 0.6) is 0 Å². The van der Waals surface area contributed by atoms with Crippen LogP contribution >= 0.6 is 0 Å². The lowest BCUT2D eigenvalue weighted by Crippen LogP contribution is -2.06. The molecule has 10 heterocycles. The van der Waals surface area contributed by atoms with E-state index in [4.69, 9.17) is 29.9 Å². The minimum atomic E-state index is 0.568. The first-order valence-corrected chi connectivity index (χ1v) is 45.9. The van der Waals surface area contributed by atoms with Crippen LogP contribution in [0.25, 0.3) is 243 Å². The van der Waals surface area contributed by atoms with Crippen molar-refractivity contribution >= 4 is 142 Å². The van der Waals surface area contributed by atoms with Gasteiger partial charge in [0.25, 0.3) is 0 Å². The molecule has 0 spiro atoms. The average molecular weight is 1740 g/mol. The first-order chi connectivity index (χ1) is 67.5. The molecule has 0 unspecified atom stereocenters. The predicted octanol–water partition coefficient (Wildman–Crippen LogP) is 31.2. The number of aromatic nitrogens is 12. The van der Waals surface area contributed by atoms with Gasteiger partial charge in [-0.25, -0.2) is 4.98 Å². The van der Waals surface area contributed by atoms with Crippen LogP contribution in [-0.2, 0) is 0 Å². The average Bonchev–Trinajstić information content (AvgIpc) is 1.58. The molecule has 12 heteroatoms. The van der Waals surface area contributed by atoms with E-state index in [1.165, 1.54) is 109 Å². The highest BCUT2D eigenvalue weighted by atomic mass is 15.2. The van der Waals surface area contributed by atoms with E-state index in [-0.39, 0.29) is 0 Å². The number of benzene rings is 18. The van der Waals surface area contributed by atoms with Gasteiger partial charge in [0, 0.05) is 139 Å². The van der Waals surface area contributed by atoms with Gasteiger partial charge in [0.1, 0.15) is 0 Å². The zero-order chi connectivity index (χ0) is 89.7. The molecule has 28 rings (SSSR count). The topological polar surface area (TPSA) is 107 Å². The van der Waals surface area contributed by atoms with Crippen molar-refractivity contribution in [1.29, 1.82) is 0 Å². The van der Waals surface area contributed by atoms with E-state index in [2.05, 4.69) is 410 Å². The Hall–Kier alpha value is -18.5. The Labute approximate surface area is 781 Å². The zero-order valence-electron chi connectivity index (χ0n) is 73.6. The summed E-state index contributed by atoms with van der Waals surface area (Å²) in [6, 6.07) is 159. The SMILES string of the molecule is c1ccc(-c2ccc(-n3c4ccccc4c4ccc(-c5cncc6c5c5ccccc5n6-c5ccccc5)cc43)cc2)cc1.c1ccc(-c2nc(-c3ccccc3)nc(-n3c4ccccc4c4ccc(-c5cncc6c5c5ccccc5n6-c5ccccc5)cc43)n2)cc1.c1ccc(-n2c3ccccc3c3c(-c4ccc5c6ccccc6n(-c6ccc7ccccc7c6)c5c4)cncc32)cc1. The van der Waals surface area contributed by atoms with Crippen LogP contribution in [0.3, 0.4) is 0 Å². The summed E-state index contributed by atoms with van der Waals surface area (Å²) in [6.07, 6.45) is 12.0. The smallest absolute Gasteiger partial charge is 0.238 e. The first kappa shape index (κ1) is 78.5. The molecule has 12 nitrogen and oxygen atoms in total. The summed E-state index contributed by atoms with van der Waals surface area (Å²) in [4.78, 5) is 29.6. The fraction of sp³-hybridized carbons (Fsp3) is 0. The summed E-state index contributed by atoms with van der Waals surface area (Å²) in [6.45, 7) is 0. The molecule has 136 heavy (non-hydrogen) atoms. The molecule has 0 atom stereocenters. The fourth-order valence-corrected chi connectivity index (χ4v) is 20.8. The van der Waals surface area contributed by atoms with E-state index in [0.717, 1.165) is 117 Å². The molecular formula is C124H80N12. The van der Waals surface area contributed by atoms with Crippen LogP contribution in [-0.4, -0.2) is 57.3 Å².